The molecule has 1 aromatic carbocycles. The monoisotopic (exact) mass is 309 g/mol. The summed E-state index contributed by atoms with van der Waals surface area (Å²) in [7, 11) is 2.29. The van der Waals surface area contributed by atoms with Gasteiger partial charge in [-0.2, -0.15) is 0 Å². The second kappa shape index (κ2) is 7.17. The van der Waals surface area contributed by atoms with Gasteiger partial charge < -0.3 is 13.3 Å². The molecule has 0 saturated carbocycles. The van der Waals surface area contributed by atoms with Gasteiger partial charge in [0.1, 0.15) is 0 Å². The van der Waals surface area contributed by atoms with Crippen molar-refractivity contribution >= 4 is 19.8 Å². The van der Waals surface area contributed by atoms with Crippen LogP contribution >= 0.6 is 0 Å². The highest BCUT2D eigenvalue weighted by atomic mass is 28.4. The number of benzene rings is 1. The number of nitrogens with one attached hydrogen (secondary N) is 1. The van der Waals surface area contributed by atoms with Gasteiger partial charge in [0.15, 0.2) is 17.2 Å². The predicted molar refractivity (Wildman–Crippen MR) is 83.9 cm³/mol. The molecule has 0 saturated heterocycles. The summed E-state index contributed by atoms with van der Waals surface area (Å²) in [5.74, 6) is 1.20. The van der Waals surface area contributed by atoms with Crippen LogP contribution in [0, 0.1) is 0 Å². The Morgan fingerprint density at radius 1 is 1.10 bits per heavy atom. The number of hydrogen-bond donors (Lipinski definition) is 1. The van der Waals surface area contributed by atoms with Crippen LogP contribution < -0.4 is 4.57 Å². The van der Waals surface area contributed by atoms with Gasteiger partial charge in [-0.15, -0.1) is 0 Å². The molecule has 2 rings (SSSR count). The Hall–Kier alpha value is -1.21. The van der Waals surface area contributed by atoms with Gasteiger partial charge in [-0.1, -0.05) is 25.5 Å². The van der Waals surface area contributed by atoms with Crippen molar-refractivity contribution in [3.05, 3.63) is 30.1 Å². The molecule has 1 heterocycles. The first-order valence-electron chi connectivity index (χ1n) is 7.34. The molecule has 5 nitrogen and oxygen atoms in total. The Balaban J connectivity index is 2.44. The number of nitrogens with zero attached hydrogens (tertiary/aromatic N) is 1. The minimum Gasteiger partial charge on any atom is -0.375 e. The van der Waals surface area contributed by atoms with E-state index in [2.05, 4.69) is 28.6 Å². The minimum absolute atomic E-state index is 0.611. The lowest BCUT2D eigenvalue weighted by Crippen LogP contribution is -2.57. The van der Waals surface area contributed by atoms with Crippen molar-refractivity contribution in [2.75, 3.05) is 21.3 Å². The zero-order chi connectivity index (χ0) is 15.3. The van der Waals surface area contributed by atoms with E-state index < -0.39 is 8.80 Å². The third-order valence-electron chi connectivity index (χ3n) is 3.85. The van der Waals surface area contributed by atoms with Crippen molar-refractivity contribution in [2.45, 2.75) is 32.4 Å². The van der Waals surface area contributed by atoms with E-state index in [9.17, 15) is 0 Å². The van der Waals surface area contributed by atoms with Crippen molar-refractivity contribution in [1.29, 1.82) is 0 Å². The van der Waals surface area contributed by atoms with Gasteiger partial charge in [0, 0.05) is 27.8 Å². The molecule has 6 heteroatoms. The zero-order valence-electron chi connectivity index (χ0n) is 13.3. The predicted octanol–water partition coefficient (Wildman–Crippen LogP) is 2.22. The summed E-state index contributed by atoms with van der Waals surface area (Å²) in [5.41, 5.74) is 2.29. The number of rotatable bonds is 8. The van der Waals surface area contributed by atoms with Crippen molar-refractivity contribution in [3.8, 4) is 0 Å². The van der Waals surface area contributed by atoms with E-state index in [4.69, 9.17) is 13.3 Å². The Morgan fingerprint density at radius 3 is 2.38 bits per heavy atom. The number of aromatic amines is 1. The summed E-state index contributed by atoms with van der Waals surface area (Å²) in [6.45, 7) is 2.20. The normalized spacial score (nSPS) is 12.2. The Labute approximate surface area is 127 Å². The van der Waals surface area contributed by atoms with Crippen LogP contribution in [0.2, 0.25) is 0 Å². The molecule has 0 fully saturated rings. The fraction of sp³-hybridized carbons (Fsp3) is 0.533. The summed E-state index contributed by atoms with van der Waals surface area (Å²) in [6.07, 6.45) is 3.93. The smallest absolute Gasteiger partial charge is 0.375 e. The van der Waals surface area contributed by atoms with E-state index in [0.29, 0.717) is 6.17 Å². The minimum atomic E-state index is -2.67. The van der Waals surface area contributed by atoms with Crippen LogP contribution in [0.4, 0.5) is 0 Å². The topological polar surface area (TPSA) is 47.4 Å². The maximum absolute atomic E-state index is 5.58. The maximum Gasteiger partial charge on any atom is 0.544 e. The Kier molecular flexibility index (Phi) is 5.52. The van der Waals surface area contributed by atoms with Crippen LogP contribution in [0.1, 0.15) is 25.6 Å². The average Bonchev–Trinajstić information content (AvgIpc) is 2.88. The number of hydrogen-bond acceptors (Lipinski definition) is 3. The van der Waals surface area contributed by atoms with Crippen molar-refractivity contribution in [1.82, 2.24) is 4.98 Å². The third-order valence-corrected chi connectivity index (χ3v) is 6.42. The first-order chi connectivity index (χ1) is 10.2. The molecule has 0 amide bonds. The van der Waals surface area contributed by atoms with Gasteiger partial charge in [-0.3, -0.25) is 0 Å². The number of fused-ring (bicyclic) bond motifs is 1. The summed E-state index contributed by atoms with van der Waals surface area (Å²) in [4.78, 5) is 3.51. The molecule has 1 N–H and O–H groups in total. The van der Waals surface area contributed by atoms with E-state index in [0.717, 1.165) is 30.3 Å². The van der Waals surface area contributed by atoms with E-state index >= 15 is 0 Å². The van der Waals surface area contributed by atoms with Gasteiger partial charge in [-0.25, -0.2) is 9.55 Å². The molecule has 0 aliphatic heterocycles. The van der Waals surface area contributed by atoms with Crippen LogP contribution in [0.25, 0.3) is 11.0 Å². The number of para-hydroxylation sites is 2. The molecule has 116 valence electrons. The van der Waals surface area contributed by atoms with Crippen LogP contribution in [0.3, 0.4) is 0 Å². The number of aryl methyl sites for hydroxylation is 1. The molecular weight excluding hydrogens is 284 g/mol. The first kappa shape index (κ1) is 16.2. The summed E-state index contributed by atoms with van der Waals surface area (Å²) in [5, 5.41) is 0. The molecule has 0 radical (unpaired) electrons. The van der Waals surface area contributed by atoms with E-state index in [-0.39, 0.29) is 0 Å². The van der Waals surface area contributed by atoms with E-state index in [1.165, 1.54) is 5.82 Å². The lowest BCUT2D eigenvalue weighted by atomic mass is 10.2. The van der Waals surface area contributed by atoms with Crippen molar-refractivity contribution in [3.63, 3.8) is 0 Å². The van der Waals surface area contributed by atoms with Gasteiger partial charge >= 0.3 is 8.80 Å². The van der Waals surface area contributed by atoms with Crippen LogP contribution in [-0.4, -0.2) is 35.1 Å². The Bertz CT molecular complexity index is 573. The highest BCUT2D eigenvalue weighted by molar-refractivity contribution is 6.58. The second-order valence-corrected chi connectivity index (χ2v) is 7.98. The molecule has 2 aromatic rings. The SMILES string of the molecule is CCCCc1[nH]c2ccccc2[n+]1C[Si](OC)(OC)OC. The van der Waals surface area contributed by atoms with Crippen LogP contribution in [0.5, 0.6) is 0 Å². The number of H-pyrrole nitrogens is 1. The highest BCUT2D eigenvalue weighted by Gasteiger charge is 2.43. The molecule has 0 spiro atoms. The molecule has 0 unspecified atom stereocenters. The number of imidazole rings is 1. The molecule has 21 heavy (non-hydrogen) atoms. The average molecular weight is 309 g/mol. The molecule has 0 aliphatic rings. The van der Waals surface area contributed by atoms with Gasteiger partial charge in [0.05, 0.1) is 0 Å². The van der Waals surface area contributed by atoms with E-state index in [1.54, 1.807) is 21.3 Å². The first-order valence-corrected chi connectivity index (χ1v) is 9.27. The standard InChI is InChI=1S/C15H24N2O3Si/c1-5-6-11-15-16-13-9-7-8-10-14(13)17(15)12-21(18-2,19-3)20-4/h7-10H,5-6,11-12H2,1-4H3/p+1. The summed E-state index contributed by atoms with van der Waals surface area (Å²) >= 11 is 0. The van der Waals surface area contributed by atoms with Gasteiger partial charge in [-0.05, 0) is 18.6 Å². The van der Waals surface area contributed by atoms with Gasteiger partial charge in [0.25, 0.3) is 5.82 Å². The van der Waals surface area contributed by atoms with Gasteiger partial charge in [0.2, 0.25) is 0 Å². The summed E-state index contributed by atoms with van der Waals surface area (Å²) < 4.78 is 19.0. The molecular formula is C15H25N2O3Si+. The van der Waals surface area contributed by atoms with Crippen LogP contribution in [-0.2, 0) is 25.9 Å². The van der Waals surface area contributed by atoms with Crippen molar-refractivity contribution in [2.24, 2.45) is 0 Å². The Morgan fingerprint density at radius 2 is 1.76 bits per heavy atom. The van der Waals surface area contributed by atoms with E-state index in [1.807, 2.05) is 12.1 Å². The number of unbranched alkanes of at least 4 members (excludes halogenated alkanes) is 1. The quantitative estimate of drug-likeness (QED) is 0.601. The third kappa shape index (κ3) is 3.34. The number of aromatic nitrogens is 2. The molecule has 1 aromatic heterocycles. The molecule has 0 atom stereocenters. The molecule has 0 bridgehead atoms. The lowest BCUT2D eigenvalue weighted by molar-refractivity contribution is -0.667. The van der Waals surface area contributed by atoms with Crippen LogP contribution in [0.15, 0.2) is 24.3 Å². The second-order valence-electron chi connectivity index (χ2n) is 5.07. The fourth-order valence-corrected chi connectivity index (χ4v) is 4.18. The highest BCUT2D eigenvalue weighted by Crippen LogP contribution is 2.14. The largest absolute Gasteiger partial charge is 0.544 e. The van der Waals surface area contributed by atoms with Crippen molar-refractivity contribution < 1.29 is 17.8 Å². The summed E-state index contributed by atoms with van der Waals surface area (Å²) in [6, 6.07) is 8.30. The lowest BCUT2D eigenvalue weighted by Gasteiger charge is -2.22. The molecule has 0 aliphatic carbocycles. The zero-order valence-corrected chi connectivity index (χ0v) is 14.3. The maximum atomic E-state index is 5.58. The fourth-order valence-electron chi connectivity index (χ4n) is 2.54.